The van der Waals surface area contributed by atoms with Gasteiger partial charge < -0.3 is 10.1 Å². The summed E-state index contributed by atoms with van der Waals surface area (Å²) in [5.74, 6) is 0.901. The van der Waals surface area contributed by atoms with Crippen molar-refractivity contribution in [3.8, 4) is 5.75 Å². The Labute approximate surface area is 140 Å². The molecule has 23 heavy (non-hydrogen) atoms. The summed E-state index contributed by atoms with van der Waals surface area (Å²) in [6, 6.07) is 13.0. The Balaban J connectivity index is 1.96. The number of hydrogen-bond acceptors (Lipinski definition) is 2. The van der Waals surface area contributed by atoms with Crippen LogP contribution in [0.15, 0.2) is 42.5 Å². The molecule has 0 amide bonds. The van der Waals surface area contributed by atoms with Crippen LogP contribution >= 0.6 is 0 Å². The van der Waals surface area contributed by atoms with Crippen molar-refractivity contribution in [2.24, 2.45) is 0 Å². The summed E-state index contributed by atoms with van der Waals surface area (Å²) in [6.07, 6.45) is 4.41. The molecule has 0 aliphatic rings. The molecule has 0 heterocycles. The molecule has 2 aromatic rings. The summed E-state index contributed by atoms with van der Waals surface area (Å²) in [6.45, 7) is 9.50. The second kappa shape index (κ2) is 7.98. The fourth-order valence-corrected chi connectivity index (χ4v) is 2.90. The molecule has 122 valence electrons. The van der Waals surface area contributed by atoms with Gasteiger partial charge in [-0.25, -0.2) is 0 Å². The minimum Gasteiger partial charge on any atom is -0.497 e. The highest BCUT2D eigenvalue weighted by Crippen LogP contribution is 2.19. The third kappa shape index (κ3) is 4.70. The average molecular weight is 309 g/mol. The number of benzene rings is 2. The Morgan fingerprint density at radius 3 is 2.43 bits per heavy atom. The van der Waals surface area contributed by atoms with E-state index in [0.717, 1.165) is 12.3 Å². The van der Waals surface area contributed by atoms with E-state index >= 15 is 0 Å². The third-order valence-corrected chi connectivity index (χ3v) is 4.16. The first-order valence-corrected chi connectivity index (χ1v) is 8.13. The highest BCUT2D eigenvalue weighted by atomic mass is 16.5. The quantitative estimate of drug-likeness (QED) is 0.812. The lowest BCUT2D eigenvalue weighted by molar-refractivity contribution is 0.413. The molecular weight excluding hydrogens is 282 g/mol. The average Bonchev–Trinajstić information content (AvgIpc) is 2.53. The van der Waals surface area contributed by atoms with Crippen LogP contribution in [0.2, 0.25) is 0 Å². The predicted molar refractivity (Wildman–Crippen MR) is 99.1 cm³/mol. The summed E-state index contributed by atoms with van der Waals surface area (Å²) < 4.78 is 5.28. The molecule has 1 unspecified atom stereocenters. The number of rotatable bonds is 6. The maximum atomic E-state index is 5.28. The van der Waals surface area contributed by atoms with Crippen LogP contribution in [-0.4, -0.2) is 13.7 Å². The Bertz CT molecular complexity index is 665. The van der Waals surface area contributed by atoms with Crippen LogP contribution in [-0.2, 0) is 0 Å². The van der Waals surface area contributed by atoms with Crippen LogP contribution in [0.3, 0.4) is 0 Å². The molecule has 0 bridgehead atoms. The monoisotopic (exact) mass is 309 g/mol. The molecule has 0 spiro atoms. The second-order valence-corrected chi connectivity index (χ2v) is 6.12. The molecule has 1 atom stereocenters. The fourth-order valence-electron chi connectivity index (χ4n) is 2.90. The van der Waals surface area contributed by atoms with Gasteiger partial charge in [-0.2, -0.15) is 0 Å². The Hall–Kier alpha value is -2.06. The minimum absolute atomic E-state index is 0.287. The highest BCUT2D eigenvalue weighted by molar-refractivity contribution is 5.58. The topological polar surface area (TPSA) is 21.3 Å². The van der Waals surface area contributed by atoms with Gasteiger partial charge in [-0.05, 0) is 62.1 Å². The zero-order valence-electron chi connectivity index (χ0n) is 14.8. The van der Waals surface area contributed by atoms with Crippen LogP contribution in [0.4, 0.5) is 0 Å². The van der Waals surface area contributed by atoms with Crippen molar-refractivity contribution in [3.63, 3.8) is 0 Å². The number of aryl methyl sites for hydroxylation is 3. The first-order valence-electron chi connectivity index (χ1n) is 8.13. The first kappa shape index (κ1) is 17.3. The molecule has 0 aliphatic carbocycles. The summed E-state index contributed by atoms with van der Waals surface area (Å²) in [7, 11) is 1.70. The summed E-state index contributed by atoms with van der Waals surface area (Å²) in [5, 5.41) is 3.53. The maximum Gasteiger partial charge on any atom is 0.119 e. The van der Waals surface area contributed by atoms with E-state index in [1.807, 2.05) is 12.1 Å². The number of methoxy groups -OCH3 is 1. The van der Waals surface area contributed by atoms with Gasteiger partial charge in [0.2, 0.25) is 0 Å². The van der Waals surface area contributed by atoms with E-state index in [-0.39, 0.29) is 6.04 Å². The van der Waals surface area contributed by atoms with E-state index in [4.69, 9.17) is 4.74 Å². The molecule has 0 radical (unpaired) electrons. The fraction of sp³-hybridized carbons (Fsp3) is 0.333. The molecule has 0 saturated carbocycles. The van der Waals surface area contributed by atoms with Gasteiger partial charge in [-0.1, -0.05) is 42.0 Å². The number of nitrogens with one attached hydrogen (secondary N) is 1. The van der Waals surface area contributed by atoms with Gasteiger partial charge in [0.1, 0.15) is 5.75 Å². The number of hydrogen-bond donors (Lipinski definition) is 1. The van der Waals surface area contributed by atoms with E-state index in [2.05, 4.69) is 69.4 Å². The molecule has 0 aromatic heterocycles. The van der Waals surface area contributed by atoms with Gasteiger partial charge in [-0.3, -0.25) is 0 Å². The van der Waals surface area contributed by atoms with Gasteiger partial charge in [0.05, 0.1) is 7.11 Å². The highest BCUT2D eigenvalue weighted by Gasteiger charge is 2.05. The third-order valence-electron chi connectivity index (χ3n) is 4.16. The zero-order valence-corrected chi connectivity index (χ0v) is 14.8. The first-order chi connectivity index (χ1) is 11.0. The van der Waals surface area contributed by atoms with Crippen molar-refractivity contribution < 1.29 is 4.74 Å². The normalized spacial score (nSPS) is 12.6. The summed E-state index contributed by atoms with van der Waals surface area (Å²) in [4.78, 5) is 0. The largest absolute Gasteiger partial charge is 0.497 e. The van der Waals surface area contributed by atoms with E-state index < -0.39 is 0 Å². The van der Waals surface area contributed by atoms with Crippen LogP contribution < -0.4 is 10.1 Å². The summed E-state index contributed by atoms with van der Waals surface area (Å²) >= 11 is 0. The van der Waals surface area contributed by atoms with Crippen molar-refractivity contribution in [1.82, 2.24) is 5.32 Å². The lowest BCUT2D eigenvalue weighted by Crippen LogP contribution is -2.18. The van der Waals surface area contributed by atoms with Crippen LogP contribution in [0.1, 0.15) is 40.8 Å². The van der Waals surface area contributed by atoms with E-state index in [9.17, 15) is 0 Å². The Morgan fingerprint density at radius 1 is 1.09 bits per heavy atom. The molecule has 2 heteroatoms. The van der Waals surface area contributed by atoms with Crippen LogP contribution in [0.5, 0.6) is 5.75 Å². The van der Waals surface area contributed by atoms with E-state index in [0.29, 0.717) is 0 Å². The van der Waals surface area contributed by atoms with E-state index in [1.54, 1.807) is 7.11 Å². The minimum atomic E-state index is 0.287. The lowest BCUT2D eigenvalue weighted by atomic mass is 9.99. The van der Waals surface area contributed by atoms with Crippen molar-refractivity contribution in [2.45, 2.75) is 33.7 Å². The Kier molecular flexibility index (Phi) is 6.00. The van der Waals surface area contributed by atoms with Crippen molar-refractivity contribution in [3.05, 3.63) is 70.3 Å². The van der Waals surface area contributed by atoms with Crippen LogP contribution in [0, 0.1) is 20.8 Å². The van der Waals surface area contributed by atoms with Gasteiger partial charge in [0.25, 0.3) is 0 Å². The maximum absolute atomic E-state index is 5.28. The predicted octanol–water partition coefficient (Wildman–Crippen LogP) is 4.98. The van der Waals surface area contributed by atoms with Crippen LogP contribution in [0.25, 0.3) is 6.08 Å². The van der Waals surface area contributed by atoms with E-state index in [1.165, 1.54) is 27.8 Å². The van der Waals surface area contributed by atoms with Crippen molar-refractivity contribution in [1.29, 1.82) is 0 Å². The molecule has 0 aliphatic heterocycles. The smallest absolute Gasteiger partial charge is 0.119 e. The molecule has 2 nitrogen and oxygen atoms in total. The van der Waals surface area contributed by atoms with Gasteiger partial charge in [0, 0.05) is 12.6 Å². The van der Waals surface area contributed by atoms with Gasteiger partial charge >= 0.3 is 0 Å². The Morgan fingerprint density at radius 2 is 1.78 bits per heavy atom. The van der Waals surface area contributed by atoms with Crippen molar-refractivity contribution >= 4 is 6.08 Å². The second-order valence-electron chi connectivity index (χ2n) is 6.12. The molecule has 1 N–H and O–H groups in total. The van der Waals surface area contributed by atoms with Crippen molar-refractivity contribution in [2.75, 3.05) is 13.7 Å². The molecular formula is C21H27NO. The molecule has 2 aromatic carbocycles. The zero-order chi connectivity index (χ0) is 16.8. The molecule has 0 fully saturated rings. The molecule has 2 rings (SSSR count). The van der Waals surface area contributed by atoms with Gasteiger partial charge in [-0.15, -0.1) is 0 Å². The standard InChI is InChI=1S/C21H27NO/c1-15-12-16(2)21(17(3)13-15)10-7-11-22-18(4)19-8-6-9-20(14-19)23-5/h6-10,12-14,18,22H,11H2,1-5H3. The SMILES string of the molecule is COc1cccc(C(C)NCC=Cc2c(C)cc(C)cc2C)c1. The lowest BCUT2D eigenvalue weighted by Gasteiger charge is -2.14. The summed E-state index contributed by atoms with van der Waals surface area (Å²) in [5.41, 5.74) is 6.55. The van der Waals surface area contributed by atoms with Gasteiger partial charge in [0.15, 0.2) is 0 Å². The number of ether oxygens (including phenoxy) is 1. The molecule has 0 saturated heterocycles.